The first-order valence-corrected chi connectivity index (χ1v) is 6.51. The topological polar surface area (TPSA) is 53.5 Å². The Morgan fingerprint density at radius 2 is 2.05 bits per heavy atom. The number of hydrogen-bond donors (Lipinski definition) is 0. The number of ether oxygens (including phenoxy) is 3. The monoisotopic (exact) mass is 272 g/mol. The molecule has 0 saturated heterocycles. The second kappa shape index (κ2) is 5.09. The van der Waals surface area contributed by atoms with Gasteiger partial charge in [0.1, 0.15) is 5.75 Å². The van der Waals surface area contributed by atoms with E-state index in [9.17, 15) is 0 Å². The normalized spacial score (nSPS) is 16.3. The molecule has 1 aromatic carbocycles. The highest BCUT2D eigenvalue weighted by atomic mass is 16.7. The quantitative estimate of drug-likeness (QED) is 0.859. The molecule has 0 aliphatic carbocycles. The smallest absolute Gasteiger partial charge is 0.316 e. The molecule has 0 radical (unpaired) electrons. The van der Waals surface area contributed by atoms with E-state index in [1.807, 2.05) is 38.1 Å². The minimum atomic E-state index is -0.495. The van der Waals surface area contributed by atoms with Gasteiger partial charge in [0.15, 0.2) is 0 Å². The number of hydrogen-bond acceptors (Lipinski definition) is 5. The largest absolute Gasteiger partial charge is 0.467 e. The number of aromatic nitrogens is 2. The van der Waals surface area contributed by atoms with Gasteiger partial charge in [0.25, 0.3) is 0 Å². The zero-order chi connectivity index (χ0) is 14.1. The summed E-state index contributed by atoms with van der Waals surface area (Å²) in [5.74, 6) is 0.756. The molecule has 104 valence electrons. The maximum absolute atomic E-state index is 5.90. The summed E-state index contributed by atoms with van der Waals surface area (Å²) in [6.45, 7) is 3.93. The molecule has 0 bridgehead atoms. The van der Waals surface area contributed by atoms with Gasteiger partial charge in [0.05, 0.1) is 24.5 Å². The molecule has 1 atom stereocenters. The lowest BCUT2D eigenvalue weighted by atomic mass is 10.0. The van der Waals surface area contributed by atoms with Crippen molar-refractivity contribution in [3.05, 3.63) is 36.0 Å². The number of para-hydroxylation sites is 1. The Morgan fingerprint density at radius 3 is 2.80 bits per heavy atom. The molecule has 0 N–H and O–H groups in total. The molecule has 0 amide bonds. The Balaban J connectivity index is 2.13. The van der Waals surface area contributed by atoms with Crippen LogP contribution in [0.4, 0.5) is 0 Å². The molecule has 5 nitrogen and oxygen atoms in total. The van der Waals surface area contributed by atoms with Gasteiger partial charge in [-0.25, -0.2) is 4.98 Å². The summed E-state index contributed by atoms with van der Waals surface area (Å²) in [6, 6.07) is 8.08. The minimum absolute atomic E-state index is 0.0419. The Hall–Kier alpha value is -2.14. The van der Waals surface area contributed by atoms with E-state index in [1.54, 1.807) is 13.3 Å². The van der Waals surface area contributed by atoms with Crippen molar-refractivity contribution in [2.24, 2.45) is 0 Å². The lowest BCUT2D eigenvalue weighted by Gasteiger charge is -2.28. The summed E-state index contributed by atoms with van der Waals surface area (Å²) >= 11 is 0. The first kappa shape index (κ1) is 12.9. The fourth-order valence-corrected chi connectivity index (χ4v) is 2.15. The van der Waals surface area contributed by atoms with Crippen LogP contribution >= 0.6 is 0 Å². The van der Waals surface area contributed by atoms with Crippen molar-refractivity contribution in [2.45, 2.75) is 26.2 Å². The van der Waals surface area contributed by atoms with E-state index >= 15 is 0 Å². The predicted molar refractivity (Wildman–Crippen MR) is 73.6 cm³/mol. The number of benzene rings is 1. The third-order valence-electron chi connectivity index (χ3n) is 3.00. The van der Waals surface area contributed by atoms with Crippen LogP contribution in [0.15, 0.2) is 30.5 Å². The molecule has 20 heavy (non-hydrogen) atoms. The molecule has 2 heterocycles. The summed E-state index contributed by atoms with van der Waals surface area (Å²) in [5.41, 5.74) is 2.54. The molecule has 1 unspecified atom stereocenters. The van der Waals surface area contributed by atoms with Crippen molar-refractivity contribution >= 4 is 0 Å². The fourth-order valence-electron chi connectivity index (χ4n) is 2.15. The molecule has 1 aliphatic rings. The van der Waals surface area contributed by atoms with Crippen LogP contribution in [0.2, 0.25) is 0 Å². The molecular formula is C15H16N2O3. The second-order valence-corrected chi connectivity index (χ2v) is 4.79. The summed E-state index contributed by atoms with van der Waals surface area (Å²) < 4.78 is 16.8. The van der Waals surface area contributed by atoms with Crippen LogP contribution < -0.4 is 9.47 Å². The molecule has 5 heteroatoms. The van der Waals surface area contributed by atoms with Crippen molar-refractivity contribution in [3.63, 3.8) is 0 Å². The van der Waals surface area contributed by atoms with Crippen molar-refractivity contribution in [1.82, 2.24) is 9.97 Å². The van der Waals surface area contributed by atoms with Gasteiger partial charge >= 0.3 is 6.01 Å². The highest BCUT2D eigenvalue weighted by molar-refractivity contribution is 5.72. The van der Waals surface area contributed by atoms with E-state index < -0.39 is 6.29 Å². The molecular weight excluding hydrogens is 256 g/mol. The van der Waals surface area contributed by atoms with Gasteiger partial charge in [-0.3, -0.25) is 0 Å². The van der Waals surface area contributed by atoms with Gasteiger partial charge in [0, 0.05) is 11.8 Å². The van der Waals surface area contributed by atoms with Crippen molar-refractivity contribution in [3.8, 4) is 23.0 Å². The molecule has 0 spiro atoms. The maximum atomic E-state index is 5.90. The predicted octanol–water partition coefficient (Wildman–Crippen LogP) is 2.97. The van der Waals surface area contributed by atoms with Gasteiger partial charge in [-0.2, -0.15) is 4.98 Å². The van der Waals surface area contributed by atoms with Crippen LogP contribution in [0.5, 0.6) is 11.8 Å². The van der Waals surface area contributed by atoms with E-state index in [-0.39, 0.29) is 6.10 Å². The summed E-state index contributed by atoms with van der Waals surface area (Å²) in [7, 11) is 1.55. The number of methoxy groups -OCH3 is 1. The molecule has 3 rings (SSSR count). The van der Waals surface area contributed by atoms with Crippen LogP contribution in [-0.2, 0) is 4.74 Å². The van der Waals surface area contributed by atoms with Crippen LogP contribution in [0.3, 0.4) is 0 Å². The molecule has 1 aliphatic heterocycles. The third-order valence-corrected chi connectivity index (χ3v) is 3.00. The van der Waals surface area contributed by atoms with E-state index in [4.69, 9.17) is 14.2 Å². The second-order valence-electron chi connectivity index (χ2n) is 4.79. The summed E-state index contributed by atoms with van der Waals surface area (Å²) in [4.78, 5) is 8.58. The van der Waals surface area contributed by atoms with Crippen molar-refractivity contribution in [1.29, 1.82) is 0 Å². The average molecular weight is 272 g/mol. The standard InChI is InChI=1S/C15H16N2O3/c1-9(2)19-14-11-8-16-15(18-3)17-13(11)10-6-4-5-7-12(10)20-14/h4-9,14H,1-3H3. The fraction of sp³-hybridized carbons (Fsp3) is 0.333. The van der Waals surface area contributed by atoms with E-state index in [1.165, 1.54) is 0 Å². The lowest BCUT2D eigenvalue weighted by Crippen LogP contribution is -2.21. The van der Waals surface area contributed by atoms with Gasteiger partial charge in [-0.15, -0.1) is 0 Å². The van der Waals surface area contributed by atoms with Crippen LogP contribution in [-0.4, -0.2) is 23.2 Å². The molecule has 0 fully saturated rings. The third kappa shape index (κ3) is 2.20. The van der Waals surface area contributed by atoms with Gasteiger partial charge in [-0.05, 0) is 26.0 Å². The maximum Gasteiger partial charge on any atom is 0.316 e. The zero-order valence-electron chi connectivity index (χ0n) is 11.7. The first-order chi connectivity index (χ1) is 9.69. The summed E-state index contributed by atoms with van der Waals surface area (Å²) in [5, 5.41) is 0. The number of nitrogens with zero attached hydrogens (tertiary/aromatic N) is 2. The van der Waals surface area contributed by atoms with Crippen molar-refractivity contribution in [2.75, 3.05) is 7.11 Å². The lowest BCUT2D eigenvalue weighted by molar-refractivity contribution is -0.113. The van der Waals surface area contributed by atoms with E-state index in [0.29, 0.717) is 6.01 Å². The number of fused-ring (bicyclic) bond motifs is 3. The molecule has 2 aromatic rings. The highest BCUT2D eigenvalue weighted by Gasteiger charge is 2.29. The van der Waals surface area contributed by atoms with Crippen molar-refractivity contribution < 1.29 is 14.2 Å². The van der Waals surface area contributed by atoms with Gasteiger partial charge in [0.2, 0.25) is 6.29 Å². The van der Waals surface area contributed by atoms with E-state index in [2.05, 4.69) is 9.97 Å². The highest BCUT2D eigenvalue weighted by Crippen LogP contribution is 2.41. The Bertz CT molecular complexity index is 628. The minimum Gasteiger partial charge on any atom is -0.467 e. The Kier molecular flexibility index (Phi) is 3.28. The Labute approximate surface area is 117 Å². The Morgan fingerprint density at radius 1 is 1.25 bits per heavy atom. The van der Waals surface area contributed by atoms with Crippen LogP contribution in [0.1, 0.15) is 25.7 Å². The molecule has 0 saturated carbocycles. The summed E-state index contributed by atoms with van der Waals surface area (Å²) in [6.07, 6.45) is 1.25. The average Bonchev–Trinajstić information content (AvgIpc) is 2.46. The molecule has 1 aromatic heterocycles. The zero-order valence-corrected chi connectivity index (χ0v) is 11.7. The number of rotatable bonds is 3. The van der Waals surface area contributed by atoms with Gasteiger partial charge < -0.3 is 14.2 Å². The van der Waals surface area contributed by atoms with E-state index in [0.717, 1.165) is 22.6 Å². The first-order valence-electron chi connectivity index (χ1n) is 6.51. The van der Waals surface area contributed by atoms with Crippen LogP contribution in [0.25, 0.3) is 11.3 Å². The SMILES string of the molecule is COc1ncc2c(n1)-c1ccccc1OC2OC(C)C. The van der Waals surface area contributed by atoms with Gasteiger partial charge in [-0.1, -0.05) is 12.1 Å². The van der Waals surface area contributed by atoms with Crippen LogP contribution in [0, 0.1) is 0 Å².